The van der Waals surface area contributed by atoms with Crippen molar-refractivity contribution >= 4 is 28.9 Å². The summed E-state index contributed by atoms with van der Waals surface area (Å²) in [6.45, 7) is 0. The van der Waals surface area contributed by atoms with Gasteiger partial charge in [-0.25, -0.2) is 4.99 Å². The van der Waals surface area contributed by atoms with E-state index in [1.54, 1.807) is 40.2 Å². The first-order valence-corrected chi connectivity index (χ1v) is 13.5. The molecule has 0 bridgehead atoms. The fraction of sp³-hybridized carbons (Fsp3) is 0.379. The number of allylic oxidation sites excluding steroid dienone is 1. The number of nitrogens with zero attached hydrogens (tertiary/aromatic N) is 2. The number of hydrogen-bond acceptors (Lipinski definition) is 7. The predicted octanol–water partition coefficient (Wildman–Crippen LogP) is 6.01. The van der Waals surface area contributed by atoms with Crippen LogP contribution in [-0.2, 0) is 4.79 Å². The van der Waals surface area contributed by atoms with Crippen LogP contribution in [0.15, 0.2) is 58.2 Å². The van der Waals surface area contributed by atoms with Gasteiger partial charge in [0.25, 0.3) is 0 Å². The summed E-state index contributed by atoms with van der Waals surface area (Å²) in [4.78, 5) is 20.3. The van der Waals surface area contributed by atoms with Crippen molar-refractivity contribution in [1.29, 1.82) is 0 Å². The largest absolute Gasteiger partial charge is 0.493 e. The summed E-state index contributed by atoms with van der Waals surface area (Å²) in [6, 6.07) is 11.7. The lowest BCUT2D eigenvalue weighted by Crippen LogP contribution is -2.44. The minimum Gasteiger partial charge on any atom is -0.493 e. The van der Waals surface area contributed by atoms with Gasteiger partial charge in [-0.3, -0.25) is 9.69 Å². The highest BCUT2D eigenvalue weighted by atomic mass is 32.2. The maximum atomic E-state index is 13.3. The van der Waals surface area contributed by atoms with Crippen molar-refractivity contribution in [3.63, 3.8) is 0 Å². The van der Waals surface area contributed by atoms with E-state index in [9.17, 15) is 4.79 Å². The molecular weight excluding hydrogens is 488 g/mol. The van der Waals surface area contributed by atoms with Gasteiger partial charge < -0.3 is 18.9 Å². The molecule has 8 heteroatoms. The SMILES string of the molecule is COc1ccc(/C=C2\CCCCC3=C2N=C2SCCC(=O)N2C3c2ccc(OC)c(OC)c2)cc1OC. The van der Waals surface area contributed by atoms with Crippen LogP contribution < -0.4 is 18.9 Å². The maximum Gasteiger partial charge on any atom is 0.230 e. The molecule has 1 fully saturated rings. The molecule has 0 spiro atoms. The first-order valence-electron chi connectivity index (χ1n) is 12.5. The van der Waals surface area contributed by atoms with Crippen LogP contribution in [0, 0.1) is 0 Å². The summed E-state index contributed by atoms with van der Waals surface area (Å²) in [6.07, 6.45) is 6.58. The van der Waals surface area contributed by atoms with Gasteiger partial charge in [0.2, 0.25) is 5.91 Å². The molecule has 7 nitrogen and oxygen atoms in total. The van der Waals surface area contributed by atoms with Crippen molar-refractivity contribution in [2.24, 2.45) is 4.99 Å². The molecule has 0 radical (unpaired) electrons. The van der Waals surface area contributed by atoms with Gasteiger partial charge in [-0.2, -0.15) is 0 Å². The number of hydrogen-bond donors (Lipinski definition) is 0. The lowest BCUT2D eigenvalue weighted by molar-refractivity contribution is -0.128. The van der Waals surface area contributed by atoms with Crippen LogP contribution in [0.2, 0.25) is 0 Å². The monoisotopic (exact) mass is 520 g/mol. The Morgan fingerprint density at radius 2 is 1.54 bits per heavy atom. The molecule has 1 saturated heterocycles. The van der Waals surface area contributed by atoms with E-state index in [1.807, 2.05) is 41.3 Å². The molecule has 194 valence electrons. The van der Waals surface area contributed by atoms with Gasteiger partial charge in [-0.05, 0) is 78.3 Å². The van der Waals surface area contributed by atoms with Gasteiger partial charge >= 0.3 is 0 Å². The van der Waals surface area contributed by atoms with Crippen LogP contribution >= 0.6 is 11.8 Å². The minimum atomic E-state index is -0.227. The summed E-state index contributed by atoms with van der Waals surface area (Å²) in [5, 5.41) is 0.773. The number of carbonyl (C=O) groups is 1. The number of carbonyl (C=O) groups excluding carboxylic acids is 1. The fourth-order valence-electron chi connectivity index (χ4n) is 5.26. The summed E-state index contributed by atoms with van der Waals surface area (Å²) < 4.78 is 22.0. The van der Waals surface area contributed by atoms with Gasteiger partial charge in [-0.15, -0.1) is 0 Å². The predicted molar refractivity (Wildman–Crippen MR) is 147 cm³/mol. The normalized spacial score (nSPS) is 20.6. The highest BCUT2D eigenvalue weighted by Gasteiger charge is 2.40. The molecule has 2 heterocycles. The number of amides is 1. The average molecular weight is 521 g/mol. The van der Waals surface area contributed by atoms with Crippen molar-refractivity contribution in [3.05, 3.63) is 64.4 Å². The Balaban J connectivity index is 1.66. The third-order valence-electron chi connectivity index (χ3n) is 7.04. The summed E-state index contributed by atoms with van der Waals surface area (Å²) in [5.41, 5.74) is 5.38. The molecular formula is C29H32N2O5S. The number of thioether (sulfide) groups is 1. The zero-order valence-corrected chi connectivity index (χ0v) is 22.5. The van der Waals surface area contributed by atoms with Gasteiger partial charge in [0.1, 0.15) is 0 Å². The summed E-state index contributed by atoms with van der Waals surface area (Å²) >= 11 is 1.65. The third-order valence-corrected chi connectivity index (χ3v) is 7.99. The van der Waals surface area contributed by atoms with Crippen LogP contribution in [0.5, 0.6) is 23.0 Å². The summed E-state index contributed by atoms with van der Waals surface area (Å²) in [5.74, 6) is 3.56. The van der Waals surface area contributed by atoms with Crippen molar-refractivity contribution in [3.8, 4) is 23.0 Å². The van der Waals surface area contributed by atoms with Crippen LogP contribution in [0.4, 0.5) is 0 Å². The molecule has 0 aromatic heterocycles. The molecule has 1 unspecified atom stereocenters. The highest BCUT2D eigenvalue weighted by Crippen LogP contribution is 2.47. The van der Waals surface area contributed by atoms with Crippen molar-refractivity contribution in [1.82, 2.24) is 4.90 Å². The zero-order valence-electron chi connectivity index (χ0n) is 21.7. The quantitative estimate of drug-likeness (QED) is 0.465. The van der Waals surface area contributed by atoms with Crippen LogP contribution in [-0.4, -0.2) is 50.2 Å². The maximum absolute atomic E-state index is 13.3. The van der Waals surface area contributed by atoms with Crippen LogP contribution in [0.25, 0.3) is 6.08 Å². The van der Waals surface area contributed by atoms with Gasteiger partial charge in [-0.1, -0.05) is 23.9 Å². The standard InChI is InChI=1S/C29H32N2O5S/c1-33-22-11-9-18(16-24(22)35-3)15-19-7-5-6-8-21-27(19)30-29-31(26(32)13-14-37-29)28(21)20-10-12-23(34-2)25(17-20)36-4/h9-12,15-17,28H,5-8,13-14H2,1-4H3/b19-15+. The van der Waals surface area contributed by atoms with E-state index in [0.717, 1.165) is 53.4 Å². The molecule has 37 heavy (non-hydrogen) atoms. The molecule has 0 N–H and O–H groups in total. The number of methoxy groups -OCH3 is 4. The number of fused-ring (bicyclic) bond motifs is 1. The van der Waals surface area contributed by atoms with E-state index in [1.165, 1.54) is 11.1 Å². The first-order chi connectivity index (χ1) is 18.1. The molecule has 2 aliphatic heterocycles. The Labute approximate surface area is 222 Å². The van der Waals surface area contributed by atoms with Crippen LogP contribution in [0.1, 0.15) is 49.3 Å². The van der Waals surface area contributed by atoms with Crippen LogP contribution in [0.3, 0.4) is 0 Å². The molecule has 2 aromatic rings. The van der Waals surface area contributed by atoms with Crippen molar-refractivity contribution < 1.29 is 23.7 Å². The number of benzene rings is 2. The summed E-state index contributed by atoms with van der Waals surface area (Å²) in [7, 11) is 6.55. The van der Waals surface area contributed by atoms with E-state index in [-0.39, 0.29) is 11.9 Å². The Hall–Kier alpha value is -3.39. The molecule has 2 aromatic carbocycles. The van der Waals surface area contributed by atoms with Crippen molar-refractivity contribution in [2.75, 3.05) is 34.2 Å². The highest BCUT2D eigenvalue weighted by molar-refractivity contribution is 8.14. The third kappa shape index (κ3) is 4.82. The molecule has 5 rings (SSSR count). The van der Waals surface area contributed by atoms with Crippen molar-refractivity contribution in [2.45, 2.75) is 38.1 Å². The van der Waals surface area contributed by atoms with E-state index >= 15 is 0 Å². The smallest absolute Gasteiger partial charge is 0.230 e. The number of amidine groups is 1. The lowest BCUT2D eigenvalue weighted by Gasteiger charge is -2.40. The topological polar surface area (TPSA) is 69.6 Å². The van der Waals surface area contributed by atoms with Gasteiger partial charge in [0.15, 0.2) is 28.2 Å². The number of rotatable bonds is 6. The Morgan fingerprint density at radius 3 is 2.27 bits per heavy atom. The number of ether oxygens (including phenoxy) is 4. The first kappa shape index (κ1) is 25.3. The van der Waals surface area contributed by atoms with Gasteiger partial charge in [0, 0.05) is 12.2 Å². The lowest BCUT2D eigenvalue weighted by atomic mass is 9.89. The Bertz CT molecular complexity index is 1300. The Morgan fingerprint density at radius 1 is 0.865 bits per heavy atom. The zero-order chi connectivity index (χ0) is 25.9. The Kier molecular flexibility index (Phi) is 7.46. The van der Waals surface area contributed by atoms with E-state index < -0.39 is 0 Å². The van der Waals surface area contributed by atoms with E-state index in [4.69, 9.17) is 23.9 Å². The average Bonchev–Trinajstić information content (AvgIpc) is 3.13. The van der Waals surface area contributed by atoms with E-state index in [0.29, 0.717) is 29.4 Å². The van der Waals surface area contributed by atoms with E-state index in [2.05, 4.69) is 6.08 Å². The molecule has 3 aliphatic rings. The number of aliphatic imine (C=N–C) groups is 1. The second kappa shape index (κ2) is 10.9. The van der Waals surface area contributed by atoms with Gasteiger partial charge in [0.05, 0.1) is 40.2 Å². The second-order valence-electron chi connectivity index (χ2n) is 9.14. The second-order valence-corrected chi connectivity index (χ2v) is 10.2. The molecule has 1 aliphatic carbocycles. The minimum absolute atomic E-state index is 0.110. The molecule has 1 amide bonds. The molecule has 0 saturated carbocycles. The molecule has 1 atom stereocenters. The fourth-order valence-corrected chi connectivity index (χ4v) is 6.22.